The van der Waals surface area contributed by atoms with Crippen LogP contribution in [0, 0.1) is 10.1 Å². The van der Waals surface area contributed by atoms with Crippen molar-refractivity contribution in [3.05, 3.63) is 38.3 Å². The summed E-state index contributed by atoms with van der Waals surface area (Å²) in [6.07, 6.45) is 3.64. The summed E-state index contributed by atoms with van der Waals surface area (Å²) in [5, 5.41) is 14.3. The number of nitrogens with one attached hydrogen (secondary N) is 1. The van der Waals surface area contributed by atoms with E-state index in [-0.39, 0.29) is 16.1 Å². The summed E-state index contributed by atoms with van der Waals surface area (Å²) in [4.78, 5) is 10.4. The van der Waals surface area contributed by atoms with Gasteiger partial charge in [0.15, 0.2) is 0 Å². The Kier molecular flexibility index (Phi) is 3.49. The molecule has 0 saturated heterocycles. The van der Waals surface area contributed by atoms with Gasteiger partial charge in [0, 0.05) is 18.2 Å². The highest BCUT2D eigenvalue weighted by molar-refractivity contribution is 9.10. The minimum absolute atomic E-state index is 0.128. The van der Waals surface area contributed by atoms with Crippen LogP contribution in [0.4, 0.5) is 5.69 Å². The minimum Gasteiger partial charge on any atom is -0.307 e. The van der Waals surface area contributed by atoms with Crippen LogP contribution in [-0.2, 0) is 6.54 Å². The monoisotopic (exact) mass is 298 g/mol. The van der Waals surface area contributed by atoms with Crippen molar-refractivity contribution < 1.29 is 4.92 Å². The molecule has 1 fully saturated rings. The maximum Gasteiger partial charge on any atom is 0.283 e. The molecule has 1 aromatic carbocycles. The predicted molar refractivity (Wildman–Crippen MR) is 69.9 cm³/mol. The Balaban J connectivity index is 2.06. The first-order valence-electron chi connectivity index (χ1n) is 5.68. The van der Waals surface area contributed by atoms with Gasteiger partial charge in [0.05, 0.1) is 9.40 Å². The van der Waals surface area contributed by atoms with Crippen LogP contribution in [0.3, 0.4) is 0 Å². The molecule has 2 rings (SSSR count). The molecule has 0 radical (unpaired) electrons. The van der Waals surface area contributed by atoms with E-state index in [1.165, 1.54) is 19.3 Å². The van der Waals surface area contributed by atoms with Crippen LogP contribution in [0.25, 0.3) is 0 Å². The minimum atomic E-state index is -0.362. The smallest absolute Gasteiger partial charge is 0.283 e. The van der Waals surface area contributed by atoms with Gasteiger partial charge in [-0.15, -0.1) is 0 Å². The molecule has 0 bridgehead atoms. The van der Waals surface area contributed by atoms with Crippen molar-refractivity contribution in [1.29, 1.82) is 0 Å². The second-order valence-corrected chi connectivity index (χ2v) is 5.66. The van der Waals surface area contributed by atoms with E-state index < -0.39 is 0 Å². The lowest BCUT2D eigenvalue weighted by atomic mass is 9.78. The van der Waals surface area contributed by atoms with Crippen molar-refractivity contribution >= 4 is 21.6 Å². The molecule has 0 aliphatic heterocycles. The molecule has 1 aliphatic carbocycles. The van der Waals surface area contributed by atoms with Crippen LogP contribution in [0.15, 0.2) is 22.7 Å². The van der Waals surface area contributed by atoms with Gasteiger partial charge in [-0.1, -0.05) is 6.07 Å². The molecular formula is C12H15BrN2O2. The zero-order valence-corrected chi connectivity index (χ0v) is 11.3. The number of halogens is 1. The van der Waals surface area contributed by atoms with Gasteiger partial charge in [0.25, 0.3) is 5.69 Å². The molecule has 0 atom stereocenters. The molecular weight excluding hydrogens is 284 g/mol. The molecule has 1 aliphatic rings. The summed E-state index contributed by atoms with van der Waals surface area (Å²) < 4.78 is 0.529. The highest BCUT2D eigenvalue weighted by Crippen LogP contribution is 2.31. The van der Waals surface area contributed by atoms with Crippen molar-refractivity contribution in [2.45, 2.75) is 38.3 Å². The van der Waals surface area contributed by atoms with Crippen molar-refractivity contribution in [2.24, 2.45) is 0 Å². The number of nitro benzene ring substituents is 1. The van der Waals surface area contributed by atoms with Gasteiger partial charge < -0.3 is 5.32 Å². The highest BCUT2D eigenvalue weighted by Gasteiger charge is 2.30. The summed E-state index contributed by atoms with van der Waals surface area (Å²) >= 11 is 3.18. The maximum atomic E-state index is 10.8. The van der Waals surface area contributed by atoms with E-state index in [1.54, 1.807) is 12.1 Å². The SMILES string of the molecule is CC1(NCc2ccc(Br)c([N+](=O)[O-])c2)CCC1. The molecule has 92 valence electrons. The number of hydrogen-bond acceptors (Lipinski definition) is 3. The van der Waals surface area contributed by atoms with Crippen LogP contribution in [0.5, 0.6) is 0 Å². The van der Waals surface area contributed by atoms with Crippen molar-refractivity contribution in [3.63, 3.8) is 0 Å². The van der Waals surface area contributed by atoms with Crippen LogP contribution < -0.4 is 5.32 Å². The van der Waals surface area contributed by atoms with Crippen LogP contribution in [-0.4, -0.2) is 10.5 Å². The maximum absolute atomic E-state index is 10.8. The van der Waals surface area contributed by atoms with E-state index >= 15 is 0 Å². The fraction of sp³-hybridized carbons (Fsp3) is 0.500. The Hall–Kier alpha value is -0.940. The molecule has 1 aromatic rings. The number of rotatable bonds is 4. The molecule has 1 saturated carbocycles. The molecule has 0 spiro atoms. The second kappa shape index (κ2) is 4.74. The van der Waals surface area contributed by atoms with Gasteiger partial charge in [-0.2, -0.15) is 0 Å². The molecule has 0 heterocycles. The normalized spacial score (nSPS) is 17.5. The van der Waals surface area contributed by atoms with E-state index in [0.29, 0.717) is 11.0 Å². The molecule has 0 unspecified atom stereocenters. The third-order valence-electron chi connectivity index (χ3n) is 3.38. The molecule has 1 N–H and O–H groups in total. The van der Waals surface area contributed by atoms with Crippen LogP contribution >= 0.6 is 15.9 Å². The zero-order valence-electron chi connectivity index (χ0n) is 9.70. The Morgan fingerprint density at radius 1 is 1.53 bits per heavy atom. The average Bonchev–Trinajstić information content (AvgIpc) is 2.25. The number of benzene rings is 1. The number of nitrogens with zero attached hydrogens (tertiary/aromatic N) is 1. The Bertz CT molecular complexity index is 444. The molecule has 4 nitrogen and oxygen atoms in total. The third kappa shape index (κ3) is 2.84. The summed E-state index contributed by atoms with van der Waals surface area (Å²) in [5.41, 5.74) is 1.30. The van der Waals surface area contributed by atoms with E-state index in [2.05, 4.69) is 28.2 Å². The Morgan fingerprint density at radius 3 is 2.76 bits per heavy atom. The van der Waals surface area contributed by atoms with Crippen molar-refractivity contribution in [1.82, 2.24) is 5.32 Å². The van der Waals surface area contributed by atoms with E-state index in [0.717, 1.165) is 5.56 Å². The van der Waals surface area contributed by atoms with Gasteiger partial charge in [-0.25, -0.2) is 0 Å². The first kappa shape index (κ1) is 12.5. The predicted octanol–water partition coefficient (Wildman–Crippen LogP) is 3.39. The lowest BCUT2D eigenvalue weighted by Crippen LogP contribution is -2.47. The molecule has 0 aromatic heterocycles. The average molecular weight is 299 g/mol. The van der Waals surface area contributed by atoms with Crippen molar-refractivity contribution in [2.75, 3.05) is 0 Å². The summed E-state index contributed by atoms with van der Waals surface area (Å²) in [6, 6.07) is 5.27. The lowest BCUT2D eigenvalue weighted by molar-refractivity contribution is -0.385. The first-order valence-corrected chi connectivity index (χ1v) is 6.47. The highest BCUT2D eigenvalue weighted by atomic mass is 79.9. The van der Waals surface area contributed by atoms with E-state index in [4.69, 9.17) is 0 Å². The second-order valence-electron chi connectivity index (χ2n) is 4.81. The zero-order chi connectivity index (χ0) is 12.5. The summed E-state index contributed by atoms with van der Waals surface area (Å²) in [7, 11) is 0. The largest absolute Gasteiger partial charge is 0.307 e. The van der Waals surface area contributed by atoms with Gasteiger partial charge in [0.1, 0.15) is 0 Å². The van der Waals surface area contributed by atoms with Gasteiger partial charge in [0.2, 0.25) is 0 Å². The van der Waals surface area contributed by atoms with Gasteiger partial charge >= 0.3 is 0 Å². The fourth-order valence-corrected chi connectivity index (χ4v) is 2.40. The van der Waals surface area contributed by atoms with E-state index in [9.17, 15) is 10.1 Å². The standard InChI is InChI=1S/C12H15BrN2O2/c1-12(5-2-6-12)14-8-9-3-4-10(13)11(7-9)15(16)17/h3-4,7,14H,2,5-6,8H2,1H3. The number of hydrogen-bond donors (Lipinski definition) is 1. The van der Waals surface area contributed by atoms with Crippen molar-refractivity contribution in [3.8, 4) is 0 Å². The van der Waals surface area contributed by atoms with Crippen LogP contribution in [0.2, 0.25) is 0 Å². The lowest BCUT2D eigenvalue weighted by Gasteiger charge is -2.39. The molecule has 5 heteroatoms. The topological polar surface area (TPSA) is 55.2 Å². The van der Waals surface area contributed by atoms with Crippen LogP contribution in [0.1, 0.15) is 31.7 Å². The molecule has 17 heavy (non-hydrogen) atoms. The fourth-order valence-electron chi connectivity index (χ4n) is 2.01. The molecule has 0 amide bonds. The Morgan fingerprint density at radius 2 is 2.24 bits per heavy atom. The van der Waals surface area contributed by atoms with Gasteiger partial charge in [-0.3, -0.25) is 10.1 Å². The first-order chi connectivity index (χ1) is 8.00. The summed E-state index contributed by atoms with van der Waals surface area (Å²) in [5.74, 6) is 0. The quantitative estimate of drug-likeness (QED) is 0.685. The van der Waals surface area contributed by atoms with E-state index in [1.807, 2.05) is 6.07 Å². The third-order valence-corrected chi connectivity index (χ3v) is 4.05. The summed E-state index contributed by atoms with van der Waals surface area (Å²) in [6.45, 7) is 2.88. The Labute approximate surface area is 109 Å². The number of nitro groups is 1. The van der Waals surface area contributed by atoms with Gasteiger partial charge in [-0.05, 0) is 53.7 Å².